The summed E-state index contributed by atoms with van der Waals surface area (Å²) in [4.78, 5) is 14.0. The Morgan fingerprint density at radius 3 is 2.56 bits per heavy atom. The first-order valence-electron chi connectivity index (χ1n) is 11.2. The largest absolute Gasteiger partial charge is 0.506 e. The van der Waals surface area contributed by atoms with Crippen molar-refractivity contribution in [2.45, 2.75) is 25.6 Å². The minimum Gasteiger partial charge on any atom is -0.506 e. The molecule has 8 heteroatoms. The molecule has 0 aliphatic rings. The standard InChI is InChI=1S/C26H29N3O4S/c1-33-23-5-3-2-4-19(23)15-28-14-18-8-6-17(7-9-18)12-13-27-16-22(31)20-10-11-21(30)24-25(20)34-26(32)29-24/h2-11,22,27-28,30-31H,12-16H2,1H3,(H,29,32)/t22-/m1/s1. The van der Waals surface area contributed by atoms with Gasteiger partial charge >= 0.3 is 4.87 Å². The molecule has 0 fully saturated rings. The number of aromatic nitrogens is 1. The topological polar surface area (TPSA) is 107 Å². The predicted molar refractivity (Wildman–Crippen MR) is 136 cm³/mol. The molecule has 178 valence electrons. The number of hydrogen-bond donors (Lipinski definition) is 5. The minimum absolute atomic E-state index is 0.00991. The first kappa shape index (κ1) is 24.0. The first-order valence-corrected chi connectivity index (χ1v) is 12.0. The lowest BCUT2D eigenvalue weighted by Crippen LogP contribution is -2.23. The van der Waals surface area contributed by atoms with Crippen LogP contribution >= 0.6 is 11.3 Å². The Balaban J connectivity index is 1.22. The third-order valence-corrected chi connectivity index (χ3v) is 6.67. The summed E-state index contributed by atoms with van der Waals surface area (Å²) in [5.74, 6) is 0.900. The average molecular weight is 480 g/mol. The Kier molecular flexibility index (Phi) is 7.97. The van der Waals surface area contributed by atoms with Gasteiger partial charge in [-0.1, -0.05) is 59.9 Å². The lowest BCUT2D eigenvalue weighted by molar-refractivity contribution is 0.176. The van der Waals surface area contributed by atoms with Crippen molar-refractivity contribution < 1.29 is 14.9 Å². The van der Waals surface area contributed by atoms with Gasteiger partial charge in [-0.05, 0) is 36.2 Å². The van der Waals surface area contributed by atoms with Gasteiger partial charge in [0.2, 0.25) is 0 Å². The second-order valence-electron chi connectivity index (χ2n) is 8.09. The van der Waals surface area contributed by atoms with Crippen molar-refractivity contribution in [1.82, 2.24) is 15.6 Å². The smallest absolute Gasteiger partial charge is 0.305 e. The van der Waals surface area contributed by atoms with E-state index in [-0.39, 0.29) is 10.6 Å². The van der Waals surface area contributed by atoms with Crippen molar-refractivity contribution in [2.75, 3.05) is 20.2 Å². The van der Waals surface area contributed by atoms with Crippen LogP contribution in [0.3, 0.4) is 0 Å². The number of aliphatic hydroxyl groups excluding tert-OH is 1. The number of para-hydroxylation sites is 1. The van der Waals surface area contributed by atoms with Crippen LogP contribution in [0.2, 0.25) is 0 Å². The highest BCUT2D eigenvalue weighted by molar-refractivity contribution is 7.16. The number of aliphatic hydroxyl groups is 1. The summed E-state index contributed by atoms with van der Waals surface area (Å²) in [5, 5.41) is 27.2. The highest BCUT2D eigenvalue weighted by Crippen LogP contribution is 2.31. The molecular weight excluding hydrogens is 450 g/mol. The highest BCUT2D eigenvalue weighted by Gasteiger charge is 2.15. The van der Waals surface area contributed by atoms with Gasteiger partial charge in [0.15, 0.2) is 0 Å². The van der Waals surface area contributed by atoms with E-state index in [1.54, 1.807) is 13.2 Å². The Labute approximate surface area is 202 Å². The third-order valence-electron chi connectivity index (χ3n) is 5.74. The van der Waals surface area contributed by atoms with E-state index in [0.29, 0.717) is 28.9 Å². The number of benzene rings is 3. The number of aromatic amines is 1. The van der Waals surface area contributed by atoms with Crippen molar-refractivity contribution in [2.24, 2.45) is 0 Å². The Hall–Kier alpha value is -3.17. The Morgan fingerprint density at radius 2 is 1.76 bits per heavy atom. The number of phenolic OH excluding ortho intramolecular Hbond substituents is 1. The second kappa shape index (κ2) is 11.3. The lowest BCUT2D eigenvalue weighted by atomic mass is 10.1. The van der Waals surface area contributed by atoms with E-state index in [1.165, 1.54) is 17.2 Å². The molecule has 4 aromatic rings. The number of H-pyrrole nitrogens is 1. The zero-order valence-corrected chi connectivity index (χ0v) is 19.8. The normalized spacial score (nSPS) is 12.2. The van der Waals surface area contributed by atoms with Gasteiger partial charge in [-0.25, -0.2) is 0 Å². The second-order valence-corrected chi connectivity index (χ2v) is 9.08. The zero-order valence-electron chi connectivity index (χ0n) is 19.0. The summed E-state index contributed by atoms with van der Waals surface area (Å²) < 4.78 is 5.98. The van der Waals surface area contributed by atoms with Crippen LogP contribution in [-0.2, 0) is 19.5 Å². The predicted octanol–water partition coefficient (Wildman–Crippen LogP) is 3.46. The Morgan fingerprint density at radius 1 is 1.00 bits per heavy atom. The molecule has 0 saturated heterocycles. The maximum atomic E-state index is 11.7. The summed E-state index contributed by atoms with van der Waals surface area (Å²) in [6.07, 6.45) is 0.0654. The molecule has 0 spiro atoms. The molecule has 0 unspecified atom stereocenters. The van der Waals surface area contributed by atoms with Crippen LogP contribution in [-0.4, -0.2) is 35.4 Å². The van der Waals surface area contributed by atoms with Gasteiger partial charge in [0.1, 0.15) is 17.0 Å². The van der Waals surface area contributed by atoms with Crippen LogP contribution < -0.4 is 20.2 Å². The maximum Gasteiger partial charge on any atom is 0.305 e. The fourth-order valence-corrected chi connectivity index (χ4v) is 4.82. The molecule has 1 heterocycles. The number of nitrogens with one attached hydrogen (secondary N) is 3. The summed E-state index contributed by atoms with van der Waals surface area (Å²) in [7, 11) is 1.69. The van der Waals surface area contributed by atoms with Crippen molar-refractivity contribution in [3.8, 4) is 11.5 Å². The molecule has 4 rings (SSSR count). The molecular formula is C26H29N3O4S. The van der Waals surface area contributed by atoms with Crippen LogP contribution in [0.15, 0.2) is 65.5 Å². The molecule has 0 saturated carbocycles. The summed E-state index contributed by atoms with van der Waals surface area (Å²) >= 11 is 0.994. The number of methoxy groups -OCH3 is 1. The molecule has 0 radical (unpaired) electrons. The maximum absolute atomic E-state index is 11.7. The van der Waals surface area contributed by atoms with Crippen LogP contribution in [0.25, 0.3) is 10.2 Å². The number of thiazole rings is 1. The molecule has 0 amide bonds. The molecule has 0 aliphatic heterocycles. The third kappa shape index (κ3) is 5.84. The van der Waals surface area contributed by atoms with Gasteiger partial charge < -0.3 is 30.6 Å². The van der Waals surface area contributed by atoms with Crippen LogP contribution in [0.1, 0.15) is 28.4 Å². The van der Waals surface area contributed by atoms with Crippen LogP contribution in [0, 0.1) is 0 Å². The summed E-state index contributed by atoms with van der Waals surface area (Å²) in [6, 6.07) is 19.7. The molecule has 3 aromatic carbocycles. The van der Waals surface area contributed by atoms with Gasteiger partial charge in [-0.3, -0.25) is 4.79 Å². The monoisotopic (exact) mass is 479 g/mol. The van der Waals surface area contributed by atoms with E-state index in [2.05, 4.69) is 45.9 Å². The van der Waals surface area contributed by atoms with E-state index in [0.717, 1.165) is 42.2 Å². The van der Waals surface area contributed by atoms with Gasteiger partial charge in [-0.15, -0.1) is 0 Å². The van der Waals surface area contributed by atoms with Crippen molar-refractivity contribution in [3.63, 3.8) is 0 Å². The minimum atomic E-state index is -0.772. The van der Waals surface area contributed by atoms with E-state index in [9.17, 15) is 15.0 Å². The molecule has 7 nitrogen and oxygen atoms in total. The van der Waals surface area contributed by atoms with Crippen molar-refractivity contribution in [1.29, 1.82) is 0 Å². The van der Waals surface area contributed by atoms with E-state index in [1.807, 2.05) is 18.2 Å². The molecule has 1 aromatic heterocycles. The van der Waals surface area contributed by atoms with Crippen LogP contribution in [0.4, 0.5) is 0 Å². The molecule has 1 atom stereocenters. The molecule has 5 N–H and O–H groups in total. The number of fused-ring (bicyclic) bond motifs is 1. The number of ether oxygens (including phenoxy) is 1. The van der Waals surface area contributed by atoms with Gasteiger partial charge in [0, 0.05) is 30.8 Å². The molecule has 34 heavy (non-hydrogen) atoms. The Bertz CT molecular complexity index is 1280. The zero-order chi connectivity index (χ0) is 23.9. The molecule has 0 aliphatic carbocycles. The van der Waals surface area contributed by atoms with E-state index in [4.69, 9.17) is 4.74 Å². The average Bonchev–Trinajstić information content (AvgIpc) is 3.25. The van der Waals surface area contributed by atoms with Crippen LogP contribution in [0.5, 0.6) is 11.5 Å². The number of phenols is 1. The van der Waals surface area contributed by atoms with Gasteiger partial charge in [0.05, 0.1) is 17.9 Å². The number of hydrogen-bond acceptors (Lipinski definition) is 7. The first-order chi connectivity index (χ1) is 16.5. The fourth-order valence-electron chi connectivity index (χ4n) is 3.90. The van der Waals surface area contributed by atoms with E-state index >= 15 is 0 Å². The van der Waals surface area contributed by atoms with Crippen molar-refractivity contribution >= 4 is 21.6 Å². The van der Waals surface area contributed by atoms with Gasteiger partial charge in [-0.2, -0.15) is 0 Å². The molecule has 0 bridgehead atoms. The lowest BCUT2D eigenvalue weighted by Gasteiger charge is -2.13. The van der Waals surface area contributed by atoms with E-state index < -0.39 is 6.10 Å². The number of rotatable bonds is 11. The van der Waals surface area contributed by atoms with Crippen molar-refractivity contribution in [3.05, 3.63) is 92.6 Å². The summed E-state index contributed by atoms with van der Waals surface area (Å²) in [6.45, 7) is 2.59. The quantitative estimate of drug-likeness (QED) is 0.211. The van der Waals surface area contributed by atoms with Gasteiger partial charge in [0.25, 0.3) is 0 Å². The summed E-state index contributed by atoms with van der Waals surface area (Å²) in [5.41, 5.74) is 4.57. The highest BCUT2D eigenvalue weighted by atomic mass is 32.1. The fraction of sp³-hybridized carbons (Fsp3) is 0.269. The number of aromatic hydroxyl groups is 1. The SMILES string of the molecule is COc1ccccc1CNCc1ccc(CCNC[C@@H](O)c2ccc(O)c3[nH]c(=O)sc23)cc1.